The smallest absolute Gasteiger partial charge is 0.341 e. The Morgan fingerprint density at radius 3 is 2.72 bits per heavy atom. The lowest BCUT2D eigenvalue weighted by molar-refractivity contribution is 0.0526. The first-order chi connectivity index (χ1) is 15.4. The Kier molecular flexibility index (Phi) is 6.29. The highest BCUT2D eigenvalue weighted by atomic mass is 35.5. The van der Waals surface area contributed by atoms with Crippen LogP contribution in [0.1, 0.15) is 46.1 Å². The number of aromatic amines is 1. The van der Waals surface area contributed by atoms with Crippen LogP contribution in [-0.4, -0.2) is 33.4 Å². The maximum absolute atomic E-state index is 12.6. The van der Waals surface area contributed by atoms with Crippen molar-refractivity contribution in [2.45, 2.75) is 32.6 Å². The molecule has 0 saturated carbocycles. The van der Waals surface area contributed by atoms with Gasteiger partial charge < -0.3 is 9.84 Å². The van der Waals surface area contributed by atoms with E-state index in [2.05, 4.69) is 9.98 Å². The number of nitrogens with zero attached hydrogens (tertiary/aromatic N) is 2. The molecule has 3 aromatic rings. The Bertz CT molecular complexity index is 1320. The van der Waals surface area contributed by atoms with E-state index in [1.807, 2.05) is 0 Å². The minimum Gasteiger partial charge on any atom is -0.493 e. The van der Waals surface area contributed by atoms with Crippen molar-refractivity contribution in [3.63, 3.8) is 0 Å². The fourth-order valence-corrected chi connectivity index (χ4v) is 5.01. The molecule has 2 N–H and O–H groups in total. The van der Waals surface area contributed by atoms with Crippen LogP contribution >= 0.6 is 22.9 Å². The van der Waals surface area contributed by atoms with E-state index in [4.69, 9.17) is 16.3 Å². The van der Waals surface area contributed by atoms with Crippen molar-refractivity contribution in [3.8, 4) is 11.6 Å². The van der Waals surface area contributed by atoms with Gasteiger partial charge >= 0.3 is 11.7 Å². The summed E-state index contributed by atoms with van der Waals surface area (Å²) in [5.41, 5.74) is -0.130. The molecule has 32 heavy (non-hydrogen) atoms. The van der Waals surface area contributed by atoms with E-state index in [1.54, 1.807) is 19.1 Å². The SMILES string of the molecule is CCOC(=O)c1c(N=Cc2c(O)n(-c3ccc(Cl)cc3)c(=O)[nH]c2=O)sc2c1CCCC2. The van der Waals surface area contributed by atoms with Gasteiger partial charge in [-0.15, -0.1) is 11.3 Å². The fourth-order valence-electron chi connectivity index (χ4n) is 3.66. The zero-order chi connectivity index (χ0) is 22.8. The molecule has 1 aliphatic carbocycles. The van der Waals surface area contributed by atoms with Crippen LogP contribution in [0.2, 0.25) is 5.02 Å². The lowest BCUT2D eigenvalue weighted by Crippen LogP contribution is -2.31. The quantitative estimate of drug-likeness (QED) is 0.432. The zero-order valence-corrected chi connectivity index (χ0v) is 18.8. The van der Waals surface area contributed by atoms with E-state index < -0.39 is 23.1 Å². The van der Waals surface area contributed by atoms with Gasteiger partial charge in [-0.3, -0.25) is 9.78 Å². The van der Waals surface area contributed by atoms with Crippen LogP contribution in [0, 0.1) is 0 Å². The molecule has 10 heteroatoms. The number of benzene rings is 1. The summed E-state index contributed by atoms with van der Waals surface area (Å²) in [7, 11) is 0. The van der Waals surface area contributed by atoms with Crippen LogP contribution in [0.15, 0.2) is 38.8 Å². The minimum atomic E-state index is -0.800. The number of ether oxygens (including phenoxy) is 1. The topological polar surface area (TPSA) is 114 Å². The minimum absolute atomic E-state index is 0.208. The second-order valence-electron chi connectivity index (χ2n) is 7.18. The summed E-state index contributed by atoms with van der Waals surface area (Å²) >= 11 is 7.27. The van der Waals surface area contributed by atoms with E-state index in [9.17, 15) is 19.5 Å². The number of aromatic hydroxyl groups is 1. The van der Waals surface area contributed by atoms with Gasteiger partial charge in [0.05, 0.1) is 17.9 Å². The predicted octanol–water partition coefficient (Wildman–Crippen LogP) is 3.75. The number of esters is 1. The molecule has 166 valence electrons. The summed E-state index contributed by atoms with van der Waals surface area (Å²) in [6, 6.07) is 6.19. The maximum atomic E-state index is 12.6. The number of aryl methyl sites for hydroxylation is 1. The Balaban J connectivity index is 1.81. The molecule has 1 aliphatic rings. The molecule has 0 saturated heterocycles. The van der Waals surface area contributed by atoms with Crippen LogP contribution in [0.25, 0.3) is 5.69 Å². The number of rotatable bonds is 5. The third kappa shape index (κ3) is 4.13. The van der Waals surface area contributed by atoms with Gasteiger partial charge in [-0.25, -0.2) is 19.1 Å². The van der Waals surface area contributed by atoms with Crippen molar-refractivity contribution in [2.24, 2.45) is 4.99 Å². The number of hydrogen-bond acceptors (Lipinski definition) is 7. The first-order valence-electron chi connectivity index (χ1n) is 10.1. The van der Waals surface area contributed by atoms with Crippen LogP contribution in [0.5, 0.6) is 5.88 Å². The Hall–Kier alpha value is -3.17. The van der Waals surface area contributed by atoms with Crippen molar-refractivity contribution < 1.29 is 14.6 Å². The molecule has 1 aromatic carbocycles. The van der Waals surface area contributed by atoms with Gasteiger partial charge in [0.2, 0.25) is 5.88 Å². The number of hydrogen-bond donors (Lipinski definition) is 2. The molecule has 0 spiro atoms. The molecule has 0 aliphatic heterocycles. The first-order valence-corrected chi connectivity index (χ1v) is 11.3. The highest BCUT2D eigenvalue weighted by Gasteiger charge is 2.26. The standard InChI is InChI=1S/C22H20ClN3O5S/c1-2-31-21(29)17-14-5-3-4-6-16(14)32-19(17)24-11-15-18(27)25-22(30)26(20(15)28)13-9-7-12(23)8-10-13/h7-11,28H,2-6H2,1H3,(H,25,27,30). The van der Waals surface area contributed by atoms with Crippen LogP contribution in [-0.2, 0) is 17.6 Å². The maximum Gasteiger partial charge on any atom is 0.341 e. The van der Waals surface area contributed by atoms with E-state index in [-0.39, 0.29) is 12.2 Å². The van der Waals surface area contributed by atoms with Crippen molar-refractivity contribution in [1.29, 1.82) is 0 Å². The van der Waals surface area contributed by atoms with Crippen molar-refractivity contribution >= 4 is 40.1 Å². The van der Waals surface area contributed by atoms with E-state index >= 15 is 0 Å². The van der Waals surface area contributed by atoms with Crippen LogP contribution < -0.4 is 11.2 Å². The average Bonchev–Trinajstić information content (AvgIpc) is 3.13. The third-order valence-corrected chi connectivity index (χ3v) is 6.60. The summed E-state index contributed by atoms with van der Waals surface area (Å²) < 4.78 is 6.16. The first kappa shape index (κ1) is 22.0. The molecular formula is C22H20ClN3O5S. The molecule has 0 atom stereocenters. The number of carbonyl (C=O) groups excluding carboxylic acids is 1. The van der Waals surface area contributed by atoms with Crippen LogP contribution in [0.3, 0.4) is 0 Å². The molecule has 8 nitrogen and oxygen atoms in total. The number of halogens is 1. The van der Waals surface area contributed by atoms with Crippen molar-refractivity contribution in [3.05, 3.63) is 71.7 Å². The number of aromatic nitrogens is 2. The number of carbonyl (C=O) groups is 1. The number of aliphatic imine (C=N–C) groups is 1. The van der Waals surface area contributed by atoms with E-state index in [0.717, 1.165) is 40.7 Å². The molecule has 0 bridgehead atoms. The summed E-state index contributed by atoms with van der Waals surface area (Å²) in [6.07, 6.45) is 4.80. The zero-order valence-electron chi connectivity index (χ0n) is 17.2. The summed E-state index contributed by atoms with van der Waals surface area (Å²) in [4.78, 5) is 45.0. The van der Waals surface area contributed by atoms with E-state index in [0.29, 0.717) is 21.3 Å². The normalized spacial score (nSPS) is 13.3. The lowest BCUT2D eigenvalue weighted by atomic mass is 9.95. The van der Waals surface area contributed by atoms with Gasteiger partial charge in [0.25, 0.3) is 5.56 Å². The highest BCUT2D eigenvalue weighted by Crippen LogP contribution is 2.40. The van der Waals surface area contributed by atoms with Gasteiger partial charge in [0.15, 0.2) is 0 Å². The second kappa shape index (κ2) is 9.13. The van der Waals surface area contributed by atoms with E-state index in [1.165, 1.54) is 29.7 Å². The average molecular weight is 474 g/mol. The number of thiophene rings is 1. The monoisotopic (exact) mass is 473 g/mol. The molecule has 2 aromatic heterocycles. The Labute approximate surface area is 191 Å². The Morgan fingerprint density at radius 1 is 1.28 bits per heavy atom. The molecule has 4 rings (SSSR count). The predicted molar refractivity (Wildman–Crippen MR) is 124 cm³/mol. The van der Waals surface area contributed by atoms with Gasteiger partial charge in [-0.2, -0.15) is 0 Å². The molecule has 0 amide bonds. The van der Waals surface area contributed by atoms with Crippen molar-refractivity contribution in [1.82, 2.24) is 9.55 Å². The second-order valence-corrected chi connectivity index (χ2v) is 8.70. The summed E-state index contributed by atoms with van der Waals surface area (Å²) in [5, 5.41) is 11.6. The molecule has 2 heterocycles. The van der Waals surface area contributed by atoms with Crippen molar-refractivity contribution in [2.75, 3.05) is 6.61 Å². The fraction of sp³-hybridized carbons (Fsp3) is 0.273. The van der Waals surface area contributed by atoms with Gasteiger partial charge in [0, 0.05) is 16.1 Å². The third-order valence-electron chi connectivity index (χ3n) is 5.15. The van der Waals surface area contributed by atoms with Gasteiger partial charge in [0.1, 0.15) is 10.6 Å². The lowest BCUT2D eigenvalue weighted by Gasteiger charge is -2.11. The summed E-state index contributed by atoms with van der Waals surface area (Å²) in [6.45, 7) is 1.97. The van der Waals surface area contributed by atoms with Gasteiger partial charge in [-0.1, -0.05) is 11.6 Å². The highest BCUT2D eigenvalue weighted by molar-refractivity contribution is 7.16. The largest absolute Gasteiger partial charge is 0.493 e. The summed E-state index contributed by atoms with van der Waals surface area (Å²) in [5.74, 6) is -1.02. The van der Waals surface area contributed by atoms with Gasteiger partial charge in [-0.05, 0) is 62.4 Å². The number of nitrogens with one attached hydrogen (secondary N) is 1. The molecule has 0 unspecified atom stereocenters. The van der Waals surface area contributed by atoms with Crippen LogP contribution in [0.4, 0.5) is 5.00 Å². The Morgan fingerprint density at radius 2 is 2.00 bits per heavy atom. The molecular weight excluding hydrogens is 454 g/mol. The molecule has 0 radical (unpaired) electrons. The molecule has 0 fully saturated rings. The number of H-pyrrole nitrogens is 1. The number of fused-ring (bicyclic) bond motifs is 1.